The van der Waals surface area contributed by atoms with Crippen molar-refractivity contribution in [3.8, 4) is 17.6 Å². The number of allylic oxidation sites excluding steroid dienone is 1. The second-order valence-corrected chi connectivity index (χ2v) is 6.49. The highest BCUT2D eigenvalue weighted by Gasteiger charge is 2.23. The molecule has 1 aromatic heterocycles. The molecule has 1 aliphatic heterocycles. The highest BCUT2D eigenvalue weighted by Crippen LogP contribution is 2.30. The number of hydrogen-bond donors (Lipinski definition) is 1. The molecule has 2 aromatic rings. The maximum atomic E-state index is 13.4. The maximum Gasteiger partial charge on any atom is 0.297 e. The second kappa shape index (κ2) is 8.96. The van der Waals surface area contributed by atoms with Crippen LogP contribution in [0.25, 0.3) is 0 Å². The van der Waals surface area contributed by atoms with Crippen molar-refractivity contribution in [3.05, 3.63) is 62.8 Å². The van der Waals surface area contributed by atoms with E-state index in [0.717, 1.165) is 17.0 Å². The number of nitrogens with zero attached hydrogens (tertiary/aromatic N) is 4. The number of hydrogen-bond acceptors (Lipinski definition) is 6. The lowest BCUT2D eigenvalue weighted by Gasteiger charge is -2.17. The summed E-state index contributed by atoms with van der Waals surface area (Å²) in [5.41, 5.74) is 0.494. The van der Waals surface area contributed by atoms with E-state index in [4.69, 9.17) is 21.6 Å². The number of nitriles is 1. The van der Waals surface area contributed by atoms with E-state index in [-0.39, 0.29) is 29.4 Å². The standard InChI is InChI=1S/C18H12ClF4N5O2/c19-11-1-9(5-24)2-12(4-11)30-15-14(17(22)23)25-8-28(18(15)29)7-10-3-13(16(20)21)27-26-6-10/h1-4,8,16-17,26H,6-7H2. The van der Waals surface area contributed by atoms with E-state index >= 15 is 0 Å². The fraction of sp³-hybridized carbons (Fsp3) is 0.222. The van der Waals surface area contributed by atoms with Crippen molar-refractivity contribution in [2.75, 3.05) is 6.54 Å². The van der Waals surface area contributed by atoms with Gasteiger partial charge in [0.2, 0.25) is 5.75 Å². The van der Waals surface area contributed by atoms with Gasteiger partial charge in [-0.1, -0.05) is 11.6 Å². The van der Waals surface area contributed by atoms with Gasteiger partial charge in [0.15, 0.2) is 5.69 Å². The Morgan fingerprint density at radius 1 is 1.27 bits per heavy atom. The topological polar surface area (TPSA) is 92.3 Å². The molecule has 3 rings (SSSR count). The molecule has 1 aliphatic rings. The summed E-state index contributed by atoms with van der Waals surface area (Å²) >= 11 is 5.87. The summed E-state index contributed by atoms with van der Waals surface area (Å²) in [6, 6.07) is 5.62. The van der Waals surface area contributed by atoms with E-state index in [1.165, 1.54) is 18.2 Å². The minimum absolute atomic E-state index is 0.0786. The Bertz CT molecular complexity index is 1120. The molecule has 0 atom stereocenters. The van der Waals surface area contributed by atoms with Crippen LogP contribution in [0.5, 0.6) is 11.5 Å². The molecule has 1 aromatic carbocycles. The summed E-state index contributed by atoms with van der Waals surface area (Å²) in [5.74, 6) is -0.867. The third-order valence-electron chi connectivity index (χ3n) is 3.91. The van der Waals surface area contributed by atoms with Crippen molar-refractivity contribution in [2.45, 2.75) is 19.4 Å². The van der Waals surface area contributed by atoms with Crippen LogP contribution in [0, 0.1) is 11.3 Å². The molecule has 0 saturated carbocycles. The highest BCUT2D eigenvalue weighted by atomic mass is 35.5. The van der Waals surface area contributed by atoms with Gasteiger partial charge in [0, 0.05) is 5.02 Å². The van der Waals surface area contributed by atoms with Crippen molar-refractivity contribution in [2.24, 2.45) is 5.10 Å². The summed E-state index contributed by atoms with van der Waals surface area (Å²) in [6.45, 7) is -0.126. The van der Waals surface area contributed by atoms with Crippen molar-refractivity contribution < 1.29 is 22.3 Å². The summed E-state index contributed by atoms with van der Waals surface area (Å²) < 4.78 is 58.7. The maximum absolute atomic E-state index is 13.4. The van der Waals surface area contributed by atoms with Crippen molar-refractivity contribution in [3.63, 3.8) is 0 Å². The lowest BCUT2D eigenvalue weighted by Crippen LogP contribution is -2.29. The van der Waals surface area contributed by atoms with E-state index in [0.29, 0.717) is 5.57 Å². The Morgan fingerprint density at radius 2 is 2.03 bits per heavy atom. The van der Waals surface area contributed by atoms with Gasteiger partial charge < -0.3 is 10.2 Å². The normalized spacial score (nSPS) is 13.5. The first-order chi connectivity index (χ1) is 14.3. The van der Waals surface area contributed by atoms with Gasteiger partial charge in [0.05, 0.1) is 31.0 Å². The predicted molar refractivity (Wildman–Crippen MR) is 99.2 cm³/mol. The minimum atomic E-state index is -3.12. The number of rotatable bonds is 6. The third-order valence-corrected chi connectivity index (χ3v) is 4.13. The predicted octanol–water partition coefficient (Wildman–Crippen LogP) is 3.65. The smallest absolute Gasteiger partial charge is 0.297 e. The molecule has 1 N–H and O–H groups in total. The number of hydrazone groups is 1. The first-order valence-electron chi connectivity index (χ1n) is 8.32. The van der Waals surface area contributed by atoms with Crippen LogP contribution in [-0.2, 0) is 6.54 Å². The highest BCUT2D eigenvalue weighted by molar-refractivity contribution is 6.30. The number of alkyl halides is 4. The molecule has 2 heterocycles. The minimum Gasteiger partial charge on any atom is -0.449 e. The fourth-order valence-corrected chi connectivity index (χ4v) is 2.83. The van der Waals surface area contributed by atoms with Gasteiger partial charge in [-0.05, 0) is 29.8 Å². The van der Waals surface area contributed by atoms with Crippen LogP contribution in [0.15, 0.2) is 46.1 Å². The molecule has 12 heteroatoms. The number of aromatic nitrogens is 2. The first-order valence-corrected chi connectivity index (χ1v) is 8.70. The molecule has 0 fully saturated rings. The van der Waals surface area contributed by atoms with Crippen molar-refractivity contribution in [1.82, 2.24) is 15.0 Å². The zero-order valence-corrected chi connectivity index (χ0v) is 15.7. The zero-order chi connectivity index (χ0) is 21.8. The second-order valence-electron chi connectivity index (χ2n) is 6.06. The van der Waals surface area contributed by atoms with Gasteiger partial charge in [0.25, 0.3) is 18.4 Å². The average Bonchev–Trinajstić information content (AvgIpc) is 2.70. The van der Waals surface area contributed by atoms with Gasteiger partial charge in [-0.2, -0.15) is 10.4 Å². The van der Waals surface area contributed by atoms with E-state index in [9.17, 15) is 22.4 Å². The molecule has 30 heavy (non-hydrogen) atoms. The Kier molecular flexibility index (Phi) is 6.37. The van der Waals surface area contributed by atoms with Crippen LogP contribution < -0.4 is 15.7 Å². The van der Waals surface area contributed by atoms with Crippen LogP contribution in [0.4, 0.5) is 17.6 Å². The van der Waals surface area contributed by atoms with Gasteiger partial charge in [-0.3, -0.25) is 9.36 Å². The molecule has 0 spiro atoms. The summed E-state index contributed by atoms with van der Waals surface area (Å²) in [7, 11) is 0. The molecular weight excluding hydrogens is 430 g/mol. The van der Waals surface area contributed by atoms with Crippen LogP contribution >= 0.6 is 11.6 Å². The van der Waals surface area contributed by atoms with E-state index in [2.05, 4.69) is 15.5 Å². The SMILES string of the molecule is N#Cc1cc(Cl)cc(Oc2c(C(F)F)ncn(CC3=CC(C(F)F)=NNC3)c2=O)c1. The van der Waals surface area contributed by atoms with Gasteiger partial charge in [0.1, 0.15) is 11.5 Å². The lowest BCUT2D eigenvalue weighted by molar-refractivity contribution is 0.141. The number of ether oxygens (including phenoxy) is 1. The monoisotopic (exact) mass is 441 g/mol. The van der Waals surface area contributed by atoms with Crippen LogP contribution in [-0.4, -0.2) is 28.2 Å². The van der Waals surface area contributed by atoms with E-state index in [1.807, 2.05) is 6.07 Å². The molecule has 0 unspecified atom stereocenters. The fourth-order valence-electron chi connectivity index (χ4n) is 2.61. The van der Waals surface area contributed by atoms with E-state index in [1.54, 1.807) is 0 Å². The molecule has 0 amide bonds. The first kappa shape index (κ1) is 21.3. The summed E-state index contributed by atoms with van der Waals surface area (Å²) in [4.78, 5) is 16.4. The van der Waals surface area contributed by atoms with Gasteiger partial charge in [-0.15, -0.1) is 0 Å². The molecule has 0 aliphatic carbocycles. The van der Waals surface area contributed by atoms with Gasteiger partial charge >= 0.3 is 0 Å². The average molecular weight is 442 g/mol. The van der Waals surface area contributed by atoms with Crippen LogP contribution in [0.3, 0.4) is 0 Å². The van der Waals surface area contributed by atoms with Crippen LogP contribution in [0.2, 0.25) is 5.02 Å². The van der Waals surface area contributed by atoms with Crippen molar-refractivity contribution >= 4 is 17.3 Å². The van der Waals surface area contributed by atoms with Gasteiger partial charge in [-0.25, -0.2) is 22.5 Å². The largest absolute Gasteiger partial charge is 0.449 e. The number of benzene rings is 1. The number of nitrogens with one attached hydrogen (secondary N) is 1. The Labute approximate surface area is 171 Å². The lowest BCUT2D eigenvalue weighted by atomic mass is 10.2. The third kappa shape index (κ3) is 4.77. The van der Waals surface area contributed by atoms with Crippen molar-refractivity contribution in [1.29, 1.82) is 5.26 Å². The molecular formula is C18H12ClF4N5O2. The van der Waals surface area contributed by atoms with E-state index < -0.39 is 35.6 Å². The Morgan fingerprint density at radius 3 is 2.70 bits per heavy atom. The summed E-state index contributed by atoms with van der Waals surface area (Å²) in [5, 5.41) is 12.6. The molecule has 0 radical (unpaired) electrons. The Hall–Kier alpha value is -3.39. The quantitative estimate of drug-likeness (QED) is 0.691. The Balaban J connectivity index is 1.99. The van der Waals surface area contributed by atoms with Crippen LogP contribution in [0.1, 0.15) is 17.7 Å². The molecule has 0 saturated heterocycles. The molecule has 156 valence electrons. The number of halogens is 5. The zero-order valence-electron chi connectivity index (χ0n) is 15.0. The molecule has 0 bridgehead atoms. The summed E-state index contributed by atoms with van der Waals surface area (Å²) in [6.07, 6.45) is -3.94. The molecule has 7 nitrogen and oxygen atoms in total.